The highest BCUT2D eigenvalue weighted by molar-refractivity contribution is 7.92. The van der Waals surface area contributed by atoms with Crippen LogP contribution in [0.5, 0.6) is 0 Å². The zero-order chi connectivity index (χ0) is 22.8. The van der Waals surface area contributed by atoms with E-state index < -0.39 is 43.4 Å². The second-order valence-electron chi connectivity index (χ2n) is 7.96. The second kappa shape index (κ2) is 6.71. The van der Waals surface area contributed by atoms with Gasteiger partial charge in [-0.1, -0.05) is 29.8 Å². The second-order valence-corrected chi connectivity index (χ2v) is 10.0. The van der Waals surface area contributed by atoms with Gasteiger partial charge in [0.15, 0.2) is 0 Å². The smallest absolute Gasteiger partial charge is 0.351 e. The van der Waals surface area contributed by atoms with Gasteiger partial charge in [0, 0.05) is 24.9 Å². The van der Waals surface area contributed by atoms with Gasteiger partial charge in [0.2, 0.25) is 15.7 Å². The van der Waals surface area contributed by atoms with E-state index in [-0.39, 0.29) is 16.8 Å². The van der Waals surface area contributed by atoms with Crippen molar-refractivity contribution in [2.45, 2.75) is 35.8 Å². The molecule has 31 heavy (non-hydrogen) atoms. The topological polar surface area (TPSA) is 84.7 Å². The molecule has 162 valence electrons. The quantitative estimate of drug-likeness (QED) is 0.568. The number of sulfone groups is 1. The third-order valence-corrected chi connectivity index (χ3v) is 7.59. The van der Waals surface area contributed by atoms with E-state index in [0.717, 1.165) is 28.7 Å². The van der Waals surface area contributed by atoms with Crippen LogP contribution >= 0.6 is 0 Å². The molecule has 1 amide bonds. The number of amides is 1. The van der Waals surface area contributed by atoms with Crippen molar-refractivity contribution in [1.29, 1.82) is 0 Å². The van der Waals surface area contributed by atoms with Crippen LogP contribution in [-0.2, 0) is 20.0 Å². The number of alkyl halides is 2. The molecule has 1 atom stereocenters. The third kappa shape index (κ3) is 3.06. The molecule has 1 unspecified atom stereocenters. The lowest BCUT2D eigenvalue weighted by Gasteiger charge is -2.40. The van der Waals surface area contributed by atoms with Crippen LogP contribution in [0.15, 0.2) is 62.6 Å². The molecule has 3 aromatic rings. The maximum atomic E-state index is 15.3. The Morgan fingerprint density at radius 1 is 1.10 bits per heavy atom. The minimum atomic E-state index is -5.06. The molecule has 4 rings (SSSR count). The summed E-state index contributed by atoms with van der Waals surface area (Å²) in [6.45, 7) is 3.00. The number of rotatable bonds is 4. The molecule has 2 heterocycles. The summed E-state index contributed by atoms with van der Waals surface area (Å²) < 4.78 is 61.3. The maximum absolute atomic E-state index is 15.3. The van der Waals surface area contributed by atoms with Crippen molar-refractivity contribution in [3.63, 3.8) is 0 Å². The van der Waals surface area contributed by atoms with Gasteiger partial charge >= 0.3 is 10.9 Å². The van der Waals surface area contributed by atoms with Gasteiger partial charge in [-0.25, -0.2) is 13.2 Å². The molecular weight excluding hydrogens is 428 g/mol. The average Bonchev–Trinajstić information content (AvgIpc) is 2.70. The largest absolute Gasteiger partial charge is 0.423 e. The van der Waals surface area contributed by atoms with Gasteiger partial charge in [-0.2, -0.15) is 8.78 Å². The van der Waals surface area contributed by atoms with Gasteiger partial charge < -0.3 is 9.32 Å². The van der Waals surface area contributed by atoms with Gasteiger partial charge in [0.05, 0.1) is 16.0 Å². The number of anilines is 1. The summed E-state index contributed by atoms with van der Waals surface area (Å²) in [7, 11) is -3.71. The molecule has 0 saturated carbocycles. The Morgan fingerprint density at radius 2 is 1.74 bits per heavy atom. The summed E-state index contributed by atoms with van der Waals surface area (Å²) in [5, 5.41) is -3.90. The van der Waals surface area contributed by atoms with Crippen LogP contribution in [0, 0.1) is 6.92 Å². The monoisotopic (exact) mass is 447 g/mol. The van der Waals surface area contributed by atoms with E-state index in [1.807, 2.05) is 0 Å². The molecule has 0 N–H and O–H groups in total. The Labute approximate surface area is 177 Å². The highest BCUT2D eigenvalue weighted by atomic mass is 32.2. The Hall–Kier alpha value is -3.07. The van der Waals surface area contributed by atoms with E-state index in [2.05, 4.69) is 0 Å². The number of benzene rings is 2. The first kappa shape index (κ1) is 21.2. The molecule has 1 aliphatic heterocycles. The Morgan fingerprint density at radius 3 is 2.39 bits per heavy atom. The number of carbonyl (C=O) groups is 1. The van der Waals surface area contributed by atoms with Crippen LogP contribution in [-0.4, -0.2) is 26.6 Å². The van der Waals surface area contributed by atoms with Gasteiger partial charge in [-0.15, -0.1) is 0 Å². The first-order chi connectivity index (χ1) is 14.4. The lowest BCUT2D eigenvalue weighted by Crippen LogP contribution is -2.50. The minimum Gasteiger partial charge on any atom is -0.423 e. The predicted molar refractivity (Wildman–Crippen MR) is 111 cm³/mol. The minimum absolute atomic E-state index is 0.135. The van der Waals surface area contributed by atoms with Crippen LogP contribution in [0.1, 0.15) is 24.5 Å². The number of likely N-dealkylation sites (N-methyl/N-ethyl adjacent to an activating group) is 1. The summed E-state index contributed by atoms with van der Waals surface area (Å²) in [5.74, 6) is -0.739. The van der Waals surface area contributed by atoms with Gasteiger partial charge in [-0.3, -0.25) is 4.79 Å². The van der Waals surface area contributed by atoms with Crippen molar-refractivity contribution in [3.05, 3.63) is 70.1 Å². The lowest BCUT2D eigenvalue weighted by molar-refractivity contribution is -0.125. The lowest BCUT2D eigenvalue weighted by atomic mass is 9.74. The average molecular weight is 447 g/mol. The van der Waals surface area contributed by atoms with Crippen molar-refractivity contribution in [1.82, 2.24) is 0 Å². The van der Waals surface area contributed by atoms with E-state index >= 15 is 8.78 Å². The SMILES string of the molecule is Cc1ccc(S(=O)(=O)C(F)(F)CC2(C)C(=O)N(C)c3cc(=O)oc4cccc2c34)cc1. The standard InChI is InChI=1S/C22H19F2NO5S/c1-13-7-9-14(10-8-13)31(28,29)22(23,24)12-21(2)15-5-4-6-17-19(15)16(11-18(26)30-17)25(3)20(21)27/h4-11H,12H2,1-3H3. The van der Waals surface area contributed by atoms with Crippen molar-refractivity contribution >= 4 is 32.4 Å². The fourth-order valence-electron chi connectivity index (χ4n) is 4.09. The molecule has 0 bridgehead atoms. The van der Waals surface area contributed by atoms with Gasteiger partial charge in [0.25, 0.3) is 0 Å². The van der Waals surface area contributed by atoms with Crippen LogP contribution in [0.25, 0.3) is 11.0 Å². The molecule has 9 heteroatoms. The van der Waals surface area contributed by atoms with E-state index in [0.29, 0.717) is 5.39 Å². The normalized spacial score (nSPS) is 19.1. The van der Waals surface area contributed by atoms with E-state index in [9.17, 15) is 18.0 Å². The van der Waals surface area contributed by atoms with Crippen LogP contribution in [0.3, 0.4) is 0 Å². The molecule has 0 saturated heterocycles. The van der Waals surface area contributed by atoms with Gasteiger partial charge in [0.1, 0.15) is 5.58 Å². The summed E-state index contributed by atoms with van der Waals surface area (Å²) in [5.41, 5.74) is -1.28. The number of aryl methyl sites for hydroxylation is 1. The van der Waals surface area contributed by atoms with E-state index in [4.69, 9.17) is 4.42 Å². The van der Waals surface area contributed by atoms with Crippen molar-refractivity contribution < 1.29 is 26.4 Å². The van der Waals surface area contributed by atoms with Crippen LogP contribution in [0.4, 0.5) is 14.5 Å². The summed E-state index contributed by atoms with van der Waals surface area (Å²) in [6, 6.07) is 10.7. The number of hydrogen-bond donors (Lipinski definition) is 0. The number of carbonyl (C=O) groups excluding carboxylic acids is 1. The molecular formula is C22H19F2NO5S. The molecule has 0 radical (unpaired) electrons. The number of nitrogens with zero attached hydrogens (tertiary/aromatic N) is 1. The number of halogens is 2. The molecule has 1 aliphatic rings. The van der Waals surface area contributed by atoms with E-state index in [1.165, 1.54) is 44.3 Å². The molecule has 1 aromatic heterocycles. The molecule has 2 aromatic carbocycles. The molecule has 0 aliphatic carbocycles. The van der Waals surface area contributed by atoms with Crippen molar-refractivity contribution in [2.24, 2.45) is 0 Å². The predicted octanol–water partition coefficient (Wildman–Crippen LogP) is 3.79. The fourth-order valence-corrected chi connectivity index (χ4v) is 5.41. The Balaban J connectivity index is 1.89. The first-order valence-electron chi connectivity index (χ1n) is 9.43. The highest BCUT2D eigenvalue weighted by Crippen LogP contribution is 2.48. The first-order valence-corrected chi connectivity index (χ1v) is 10.9. The zero-order valence-corrected chi connectivity index (χ0v) is 17.8. The third-order valence-electron chi connectivity index (χ3n) is 5.76. The highest BCUT2D eigenvalue weighted by Gasteiger charge is 2.56. The van der Waals surface area contributed by atoms with E-state index in [1.54, 1.807) is 6.92 Å². The molecule has 0 spiro atoms. The summed E-state index contributed by atoms with van der Waals surface area (Å²) in [4.78, 5) is 25.6. The number of hydrogen-bond acceptors (Lipinski definition) is 5. The Kier molecular flexibility index (Phi) is 4.59. The maximum Gasteiger partial charge on any atom is 0.351 e. The van der Waals surface area contributed by atoms with Crippen LogP contribution < -0.4 is 10.5 Å². The van der Waals surface area contributed by atoms with Crippen molar-refractivity contribution in [3.8, 4) is 0 Å². The van der Waals surface area contributed by atoms with Crippen LogP contribution in [0.2, 0.25) is 0 Å². The van der Waals surface area contributed by atoms with Crippen molar-refractivity contribution in [2.75, 3.05) is 11.9 Å². The zero-order valence-electron chi connectivity index (χ0n) is 17.0. The summed E-state index contributed by atoms with van der Waals surface area (Å²) in [6.07, 6.45) is -1.27. The molecule has 6 nitrogen and oxygen atoms in total. The Bertz CT molecular complexity index is 1380. The summed E-state index contributed by atoms with van der Waals surface area (Å²) >= 11 is 0. The molecule has 0 fully saturated rings. The van der Waals surface area contributed by atoms with Gasteiger partial charge in [-0.05, 0) is 37.6 Å². The fraction of sp³-hybridized carbons (Fsp3) is 0.273.